The Morgan fingerprint density at radius 2 is 1.94 bits per heavy atom. The van der Waals surface area contributed by atoms with Gasteiger partial charge in [0.1, 0.15) is 11.8 Å². The topological polar surface area (TPSA) is 105 Å². The van der Waals surface area contributed by atoms with Crippen molar-refractivity contribution in [3.63, 3.8) is 0 Å². The number of rotatable bonds is 5. The van der Waals surface area contributed by atoms with Crippen LogP contribution < -0.4 is 15.4 Å². The van der Waals surface area contributed by atoms with E-state index in [0.29, 0.717) is 36.4 Å². The van der Waals surface area contributed by atoms with E-state index < -0.39 is 22.2 Å². The summed E-state index contributed by atoms with van der Waals surface area (Å²) in [6.45, 7) is 5.87. The smallest absolute Gasteiger partial charge is 0.265 e. The second kappa shape index (κ2) is 8.55. The number of sulfonamides is 1. The molecule has 8 nitrogen and oxygen atoms in total. The summed E-state index contributed by atoms with van der Waals surface area (Å²) < 4.78 is 33.9. The van der Waals surface area contributed by atoms with E-state index >= 15 is 0 Å². The number of nitrogens with one attached hydrogen (secondary N) is 2. The van der Waals surface area contributed by atoms with Gasteiger partial charge < -0.3 is 15.4 Å². The molecule has 0 radical (unpaired) electrons. The first-order chi connectivity index (χ1) is 15.2. The fourth-order valence-corrected chi connectivity index (χ4v) is 5.93. The zero-order chi connectivity index (χ0) is 23.0. The number of hydrogen-bond acceptors (Lipinski definition) is 5. The van der Waals surface area contributed by atoms with E-state index in [1.165, 1.54) is 10.4 Å². The third-order valence-electron chi connectivity index (χ3n) is 5.89. The molecule has 0 saturated carbocycles. The summed E-state index contributed by atoms with van der Waals surface area (Å²) >= 11 is 0. The monoisotopic (exact) mass is 457 g/mol. The van der Waals surface area contributed by atoms with E-state index in [9.17, 15) is 18.0 Å². The minimum Gasteiger partial charge on any atom is -0.479 e. The number of fused-ring (bicyclic) bond motifs is 1. The second-order valence-corrected chi connectivity index (χ2v) is 10.2. The molecule has 2 aliphatic rings. The average molecular weight is 458 g/mol. The molecular weight excluding hydrogens is 430 g/mol. The Labute approximate surface area is 188 Å². The Hall–Kier alpha value is -2.91. The molecule has 32 heavy (non-hydrogen) atoms. The van der Waals surface area contributed by atoms with E-state index in [4.69, 9.17) is 4.74 Å². The Bertz CT molecular complexity index is 1160. The standard InChI is InChI=1S/C23H27N3O5S/c1-14-6-8-17(9-7-14)13-24-23(28)19-5-4-10-26(19)32(29,30)21-12-20-18(11-15(21)2)25-22(27)16(3)31-20/h6-9,11-12,16,19H,4-5,10,13H2,1-3H3,(H,24,28)(H,25,27)/t16-,19-/m1/s1. The second-order valence-electron chi connectivity index (χ2n) is 8.34. The molecule has 9 heteroatoms. The van der Waals surface area contributed by atoms with Crippen molar-refractivity contribution in [3.8, 4) is 5.75 Å². The van der Waals surface area contributed by atoms with Gasteiger partial charge in [0, 0.05) is 19.2 Å². The largest absolute Gasteiger partial charge is 0.479 e. The SMILES string of the molecule is Cc1ccc(CNC(=O)[C@H]2CCCN2S(=O)(=O)c2cc3c(cc2C)NC(=O)[C@@H](C)O3)cc1. The van der Waals surface area contributed by atoms with Gasteiger partial charge in [-0.3, -0.25) is 9.59 Å². The predicted octanol–water partition coefficient (Wildman–Crippen LogP) is 2.49. The fourth-order valence-electron chi connectivity index (χ4n) is 4.05. The number of benzene rings is 2. The summed E-state index contributed by atoms with van der Waals surface area (Å²) in [5.74, 6) is -0.280. The maximum absolute atomic E-state index is 13.5. The van der Waals surface area contributed by atoms with E-state index in [-0.39, 0.29) is 23.3 Å². The summed E-state index contributed by atoms with van der Waals surface area (Å²) in [5.41, 5.74) is 3.01. The van der Waals surface area contributed by atoms with Crippen molar-refractivity contribution in [2.45, 2.75) is 57.2 Å². The number of aryl methyl sites for hydroxylation is 2. The zero-order valence-electron chi connectivity index (χ0n) is 18.3. The van der Waals surface area contributed by atoms with Gasteiger partial charge in [0.25, 0.3) is 5.91 Å². The fraction of sp³-hybridized carbons (Fsp3) is 0.391. The first-order valence-corrected chi connectivity index (χ1v) is 12.1. The summed E-state index contributed by atoms with van der Waals surface area (Å²) in [6, 6.07) is 10.1. The number of ether oxygens (including phenoxy) is 1. The summed E-state index contributed by atoms with van der Waals surface area (Å²) in [7, 11) is -3.94. The number of amides is 2. The molecule has 2 amide bonds. The Morgan fingerprint density at radius 1 is 1.22 bits per heavy atom. The number of carbonyl (C=O) groups excluding carboxylic acids is 2. The quantitative estimate of drug-likeness (QED) is 0.718. The molecule has 2 aliphatic heterocycles. The number of nitrogens with zero attached hydrogens (tertiary/aromatic N) is 1. The number of anilines is 1. The normalized spacial score (nSPS) is 20.9. The van der Waals surface area contributed by atoms with Gasteiger partial charge in [-0.2, -0.15) is 4.31 Å². The van der Waals surface area contributed by atoms with Crippen LogP contribution in [0.25, 0.3) is 0 Å². The summed E-state index contributed by atoms with van der Waals surface area (Å²) in [5, 5.41) is 5.60. The molecule has 0 spiro atoms. The van der Waals surface area contributed by atoms with Crippen LogP contribution in [0, 0.1) is 13.8 Å². The van der Waals surface area contributed by atoms with E-state index in [1.54, 1.807) is 19.9 Å². The van der Waals surface area contributed by atoms with Crippen LogP contribution in [0.15, 0.2) is 41.3 Å². The van der Waals surface area contributed by atoms with Gasteiger partial charge in [-0.05, 0) is 50.8 Å². The molecule has 4 rings (SSSR count). The van der Waals surface area contributed by atoms with E-state index in [0.717, 1.165) is 11.1 Å². The maximum Gasteiger partial charge on any atom is 0.265 e. The lowest BCUT2D eigenvalue weighted by Crippen LogP contribution is -2.45. The van der Waals surface area contributed by atoms with Crippen molar-refractivity contribution in [1.82, 2.24) is 9.62 Å². The molecule has 0 aliphatic carbocycles. The molecule has 2 aromatic carbocycles. The van der Waals surface area contributed by atoms with Gasteiger partial charge >= 0.3 is 0 Å². The molecule has 2 N–H and O–H groups in total. The Morgan fingerprint density at radius 3 is 2.66 bits per heavy atom. The first-order valence-electron chi connectivity index (χ1n) is 10.6. The van der Waals surface area contributed by atoms with Crippen molar-refractivity contribution >= 4 is 27.5 Å². The lowest BCUT2D eigenvalue weighted by atomic mass is 10.1. The van der Waals surface area contributed by atoms with Gasteiger partial charge in [0.2, 0.25) is 15.9 Å². The zero-order valence-corrected chi connectivity index (χ0v) is 19.2. The summed E-state index contributed by atoms with van der Waals surface area (Å²) in [4.78, 5) is 24.8. The van der Waals surface area contributed by atoms with Crippen LogP contribution in [-0.4, -0.2) is 43.2 Å². The Kier molecular flexibility index (Phi) is 5.96. The van der Waals surface area contributed by atoms with Gasteiger partial charge in [0.15, 0.2) is 6.10 Å². The van der Waals surface area contributed by atoms with Crippen LogP contribution in [0.1, 0.15) is 36.5 Å². The molecule has 2 atom stereocenters. The molecule has 2 aromatic rings. The average Bonchev–Trinajstić information content (AvgIpc) is 3.25. The predicted molar refractivity (Wildman–Crippen MR) is 120 cm³/mol. The number of hydrogen-bond donors (Lipinski definition) is 2. The first kappa shape index (κ1) is 22.3. The van der Waals surface area contributed by atoms with Crippen molar-refractivity contribution < 1.29 is 22.7 Å². The van der Waals surface area contributed by atoms with Crippen LogP contribution >= 0.6 is 0 Å². The molecule has 2 heterocycles. The van der Waals surface area contributed by atoms with Crippen LogP contribution in [0.4, 0.5) is 5.69 Å². The highest BCUT2D eigenvalue weighted by atomic mass is 32.2. The minimum atomic E-state index is -3.94. The highest BCUT2D eigenvalue weighted by Gasteiger charge is 2.40. The van der Waals surface area contributed by atoms with Crippen molar-refractivity contribution in [3.05, 3.63) is 53.1 Å². The van der Waals surface area contributed by atoms with Crippen molar-refractivity contribution in [2.75, 3.05) is 11.9 Å². The van der Waals surface area contributed by atoms with Gasteiger partial charge in [-0.25, -0.2) is 8.42 Å². The number of carbonyl (C=O) groups is 2. The van der Waals surface area contributed by atoms with Crippen molar-refractivity contribution in [1.29, 1.82) is 0 Å². The molecule has 170 valence electrons. The van der Waals surface area contributed by atoms with Crippen LogP contribution in [0.5, 0.6) is 5.75 Å². The van der Waals surface area contributed by atoms with E-state index in [2.05, 4.69) is 10.6 Å². The highest BCUT2D eigenvalue weighted by Crippen LogP contribution is 2.36. The molecular formula is C23H27N3O5S. The highest BCUT2D eigenvalue weighted by molar-refractivity contribution is 7.89. The molecule has 1 fully saturated rings. The minimum absolute atomic E-state index is 0.0813. The van der Waals surface area contributed by atoms with Crippen LogP contribution in [0.2, 0.25) is 0 Å². The lowest BCUT2D eigenvalue weighted by Gasteiger charge is -2.27. The third kappa shape index (κ3) is 4.22. The van der Waals surface area contributed by atoms with Gasteiger partial charge in [-0.1, -0.05) is 29.8 Å². The maximum atomic E-state index is 13.5. The van der Waals surface area contributed by atoms with Gasteiger partial charge in [-0.15, -0.1) is 0 Å². The van der Waals surface area contributed by atoms with Gasteiger partial charge in [0.05, 0.1) is 10.6 Å². The van der Waals surface area contributed by atoms with Crippen LogP contribution in [-0.2, 0) is 26.2 Å². The van der Waals surface area contributed by atoms with Crippen molar-refractivity contribution in [2.24, 2.45) is 0 Å². The third-order valence-corrected chi connectivity index (χ3v) is 7.94. The lowest BCUT2D eigenvalue weighted by molar-refractivity contribution is -0.124. The molecule has 0 aromatic heterocycles. The molecule has 0 bridgehead atoms. The molecule has 1 saturated heterocycles. The molecule has 0 unspecified atom stereocenters. The Balaban J connectivity index is 1.55. The van der Waals surface area contributed by atoms with E-state index in [1.807, 2.05) is 31.2 Å². The summed E-state index contributed by atoms with van der Waals surface area (Å²) in [6.07, 6.45) is 0.356. The van der Waals surface area contributed by atoms with Crippen LogP contribution in [0.3, 0.4) is 0 Å².